The zero-order chi connectivity index (χ0) is 17.8. The largest absolute Gasteiger partial charge is 0.439 e. The van der Waals surface area contributed by atoms with Gasteiger partial charge in [0.1, 0.15) is 5.52 Å². The number of oxazole rings is 1. The van der Waals surface area contributed by atoms with Crippen molar-refractivity contribution >= 4 is 17.0 Å². The molecule has 0 aliphatic heterocycles. The van der Waals surface area contributed by atoms with Crippen LogP contribution in [0.1, 0.15) is 23.2 Å². The highest BCUT2D eigenvalue weighted by Gasteiger charge is 2.22. The van der Waals surface area contributed by atoms with Crippen LogP contribution in [0.25, 0.3) is 11.1 Å². The molecule has 0 amide bonds. The summed E-state index contributed by atoms with van der Waals surface area (Å²) < 4.78 is 5.72. The maximum atomic E-state index is 9.62. The highest BCUT2D eigenvalue weighted by molar-refractivity contribution is 5.72. The zero-order valence-corrected chi connectivity index (χ0v) is 13.7. The molecule has 0 fully saturated rings. The predicted molar refractivity (Wildman–Crippen MR) is 95.1 cm³/mol. The third-order valence-electron chi connectivity index (χ3n) is 3.81. The number of rotatable bonds is 5. The Morgan fingerprint density at radius 1 is 1.00 bits per heavy atom. The summed E-state index contributed by atoms with van der Waals surface area (Å²) in [4.78, 5) is 17.3. The average Bonchev–Trinajstić information content (AvgIpc) is 3.12. The van der Waals surface area contributed by atoms with Gasteiger partial charge in [-0.2, -0.15) is 5.26 Å². The van der Waals surface area contributed by atoms with Gasteiger partial charge in [0, 0.05) is 12.4 Å². The molecule has 0 spiro atoms. The number of pyridine rings is 1. The molecule has 1 atom stereocenters. The monoisotopic (exact) mass is 342 g/mol. The van der Waals surface area contributed by atoms with Gasteiger partial charge >= 0.3 is 0 Å². The topological polar surface area (TPSA) is 101 Å². The molecule has 4 rings (SSSR count). The standard InChI is InChI=1S/C19H14N6O/c20-11-14(18-24-16-6-1-2-7-17(16)26-18)15-8-10-22-19(25-15)23-12-13-5-3-4-9-21-13/h1-10,14H,12H2,(H,22,23,25). The number of benzene rings is 1. The third-order valence-corrected chi connectivity index (χ3v) is 3.81. The molecular weight excluding hydrogens is 328 g/mol. The maximum absolute atomic E-state index is 9.62. The van der Waals surface area contributed by atoms with Crippen molar-refractivity contribution < 1.29 is 4.42 Å². The van der Waals surface area contributed by atoms with Crippen molar-refractivity contribution in [3.8, 4) is 6.07 Å². The van der Waals surface area contributed by atoms with Crippen LogP contribution in [-0.4, -0.2) is 19.9 Å². The van der Waals surface area contributed by atoms with Crippen LogP contribution in [0.4, 0.5) is 5.95 Å². The molecule has 0 saturated heterocycles. The number of nitrogens with one attached hydrogen (secondary N) is 1. The van der Waals surface area contributed by atoms with Crippen molar-refractivity contribution in [2.24, 2.45) is 0 Å². The van der Waals surface area contributed by atoms with E-state index in [1.807, 2.05) is 42.5 Å². The summed E-state index contributed by atoms with van der Waals surface area (Å²) in [7, 11) is 0. The summed E-state index contributed by atoms with van der Waals surface area (Å²) in [5.41, 5.74) is 2.76. The highest BCUT2D eigenvalue weighted by Crippen LogP contribution is 2.26. The summed E-state index contributed by atoms with van der Waals surface area (Å²) in [5, 5.41) is 12.7. The number of anilines is 1. The molecule has 26 heavy (non-hydrogen) atoms. The van der Waals surface area contributed by atoms with Crippen LogP contribution < -0.4 is 5.32 Å². The second-order valence-electron chi connectivity index (χ2n) is 5.56. The molecule has 1 N–H and O–H groups in total. The molecule has 126 valence electrons. The van der Waals surface area contributed by atoms with E-state index in [4.69, 9.17) is 4.42 Å². The Labute approximate surface area is 149 Å². The van der Waals surface area contributed by atoms with Gasteiger partial charge in [-0.1, -0.05) is 18.2 Å². The fourth-order valence-electron chi connectivity index (χ4n) is 2.55. The van der Waals surface area contributed by atoms with Gasteiger partial charge in [-0.15, -0.1) is 0 Å². The maximum Gasteiger partial charge on any atom is 0.223 e. The van der Waals surface area contributed by atoms with E-state index >= 15 is 0 Å². The summed E-state index contributed by atoms with van der Waals surface area (Å²) in [6, 6.07) is 17.0. The average molecular weight is 342 g/mol. The molecule has 0 aliphatic rings. The van der Waals surface area contributed by atoms with Gasteiger partial charge in [-0.3, -0.25) is 4.98 Å². The molecule has 4 aromatic rings. The smallest absolute Gasteiger partial charge is 0.223 e. The van der Waals surface area contributed by atoms with Crippen LogP contribution >= 0.6 is 0 Å². The Hall–Kier alpha value is -3.79. The van der Waals surface area contributed by atoms with E-state index in [-0.39, 0.29) is 0 Å². The Morgan fingerprint density at radius 3 is 2.69 bits per heavy atom. The third kappa shape index (κ3) is 3.21. The lowest BCUT2D eigenvalue weighted by atomic mass is 10.1. The Morgan fingerprint density at radius 2 is 1.88 bits per heavy atom. The van der Waals surface area contributed by atoms with Gasteiger partial charge in [0.15, 0.2) is 11.5 Å². The fourth-order valence-corrected chi connectivity index (χ4v) is 2.55. The minimum atomic E-state index is -0.708. The number of hydrogen-bond donors (Lipinski definition) is 1. The van der Waals surface area contributed by atoms with E-state index in [0.29, 0.717) is 35.2 Å². The Balaban J connectivity index is 1.58. The molecule has 7 heteroatoms. The van der Waals surface area contributed by atoms with E-state index in [1.54, 1.807) is 18.5 Å². The first-order chi connectivity index (χ1) is 12.8. The number of para-hydroxylation sites is 2. The highest BCUT2D eigenvalue weighted by atomic mass is 16.3. The number of fused-ring (bicyclic) bond motifs is 1. The van der Waals surface area contributed by atoms with Crippen molar-refractivity contribution in [1.29, 1.82) is 5.26 Å². The summed E-state index contributed by atoms with van der Waals surface area (Å²) in [5.74, 6) is 0.0355. The molecule has 0 radical (unpaired) electrons. The quantitative estimate of drug-likeness (QED) is 0.594. The zero-order valence-electron chi connectivity index (χ0n) is 13.7. The minimum Gasteiger partial charge on any atom is -0.439 e. The van der Waals surface area contributed by atoms with Crippen LogP contribution in [0.5, 0.6) is 0 Å². The summed E-state index contributed by atoms with van der Waals surface area (Å²) in [6.45, 7) is 0.490. The van der Waals surface area contributed by atoms with Crippen LogP contribution in [0, 0.1) is 11.3 Å². The van der Waals surface area contributed by atoms with E-state index in [2.05, 4.69) is 31.3 Å². The van der Waals surface area contributed by atoms with E-state index in [0.717, 1.165) is 5.69 Å². The van der Waals surface area contributed by atoms with Crippen LogP contribution in [0.3, 0.4) is 0 Å². The predicted octanol–water partition coefficient (Wildman–Crippen LogP) is 3.28. The second kappa shape index (κ2) is 6.99. The summed E-state index contributed by atoms with van der Waals surface area (Å²) >= 11 is 0. The normalized spacial score (nSPS) is 11.8. The van der Waals surface area contributed by atoms with E-state index < -0.39 is 5.92 Å². The lowest BCUT2D eigenvalue weighted by Crippen LogP contribution is -2.08. The van der Waals surface area contributed by atoms with Crippen molar-refractivity contribution in [2.75, 3.05) is 5.32 Å². The van der Waals surface area contributed by atoms with Crippen molar-refractivity contribution in [3.05, 3.63) is 78.2 Å². The molecule has 0 aliphatic carbocycles. The molecule has 3 heterocycles. The van der Waals surface area contributed by atoms with Crippen molar-refractivity contribution in [1.82, 2.24) is 19.9 Å². The Kier molecular flexibility index (Phi) is 4.23. The lowest BCUT2D eigenvalue weighted by Gasteiger charge is -2.08. The van der Waals surface area contributed by atoms with Gasteiger partial charge < -0.3 is 9.73 Å². The van der Waals surface area contributed by atoms with Gasteiger partial charge in [0.05, 0.1) is 24.0 Å². The van der Waals surface area contributed by atoms with Crippen LogP contribution in [0.15, 0.2) is 65.3 Å². The minimum absolute atomic E-state index is 0.322. The van der Waals surface area contributed by atoms with E-state index in [9.17, 15) is 5.26 Å². The first kappa shape index (κ1) is 15.7. The number of nitriles is 1. The van der Waals surface area contributed by atoms with Gasteiger partial charge in [-0.05, 0) is 30.3 Å². The van der Waals surface area contributed by atoms with Crippen molar-refractivity contribution in [3.63, 3.8) is 0 Å². The number of nitrogens with zero attached hydrogens (tertiary/aromatic N) is 5. The molecule has 3 aromatic heterocycles. The number of hydrogen-bond acceptors (Lipinski definition) is 7. The molecule has 7 nitrogen and oxygen atoms in total. The van der Waals surface area contributed by atoms with Gasteiger partial charge in [0.25, 0.3) is 0 Å². The van der Waals surface area contributed by atoms with E-state index in [1.165, 1.54) is 0 Å². The Bertz CT molecular complexity index is 1040. The van der Waals surface area contributed by atoms with Gasteiger partial charge in [-0.25, -0.2) is 15.0 Å². The van der Waals surface area contributed by atoms with Crippen LogP contribution in [0.2, 0.25) is 0 Å². The first-order valence-corrected chi connectivity index (χ1v) is 8.05. The van der Waals surface area contributed by atoms with Crippen LogP contribution in [-0.2, 0) is 6.54 Å². The fraction of sp³-hybridized carbons (Fsp3) is 0.105. The molecule has 1 unspecified atom stereocenters. The first-order valence-electron chi connectivity index (χ1n) is 8.05. The SMILES string of the molecule is N#CC(c1ccnc(NCc2ccccn2)n1)c1nc2ccccc2o1. The lowest BCUT2D eigenvalue weighted by molar-refractivity contribution is 0.525. The number of aromatic nitrogens is 4. The molecule has 0 bridgehead atoms. The molecular formula is C19H14N6O. The second-order valence-corrected chi connectivity index (χ2v) is 5.56. The molecule has 0 saturated carbocycles. The van der Waals surface area contributed by atoms with Crippen molar-refractivity contribution in [2.45, 2.75) is 12.5 Å². The summed E-state index contributed by atoms with van der Waals surface area (Å²) in [6.07, 6.45) is 3.34. The van der Waals surface area contributed by atoms with Gasteiger partial charge in [0.2, 0.25) is 11.8 Å². The molecule has 1 aromatic carbocycles.